The van der Waals surface area contributed by atoms with E-state index in [1.54, 1.807) is 20.3 Å². The topological polar surface area (TPSA) is 62.8 Å². The minimum Gasteiger partial charge on any atom is -0.496 e. The van der Waals surface area contributed by atoms with E-state index >= 15 is 0 Å². The number of methoxy groups -OCH3 is 2. The number of carbonyl (C=O) groups is 1. The van der Waals surface area contributed by atoms with E-state index in [9.17, 15) is 4.79 Å². The first-order valence-corrected chi connectivity index (χ1v) is 9.23. The number of anilines is 1. The first kappa shape index (κ1) is 19.2. The van der Waals surface area contributed by atoms with Crippen LogP contribution in [0.15, 0.2) is 42.5 Å². The van der Waals surface area contributed by atoms with E-state index in [0.717, 1.165) is 35.7 Å². The molecule has 7 heteroatoms. The van der Waals surface area contributed by atoms with Crippen LogP contribution in [0.1, 0.15) is 12.0 Å². The molecule has 144 valence electrons. The predicted molar refractivity (Wildman–Crippen MR) is 107 cm³/mol. The Morgan fingerprint density at radius 1 is 1.19 bits per heavy atom. The lowest BCUT2D eigenvalue weighted by atomic mass is 10.2. The number of halogens is 1. The number of rotatable bonds is 6. The van der Waals surface area contributed by atoms with Gasteiger partial charge in [-0.15, -0.1) is 0 Å². The minimum absolute atomic E-state index is 0.0614. The van der Waals surface area contributed by atoms with Crippen LogP contribution in [0.4, 0.5) is 10.5 Å². The Morgan fingerprint density at radius 3 is 2.74 bits per heavy atom. The van der Waals surface area contributed by atoms with Crippen molar-refractivity contribution in [2.45, 2.75) is 19.0 Å². The van der Waals surface area contributed by atoms with Gasteiger partial charge >= 0.3 is 6.03 Å². The first-order chi connectivity index (χ1) is 13.1. The number of hydrogen-bond donors (Lipinski definition) is 2. The number of ether oxygens (including phenoxy) is 2. The van der Waals surface area contributed by atoms with E-state index in [0.29, 0.717) is 18.1 Å². The fourth-order valence-electron chi connectivity index (χ4n) is 3.27. The maximum absolute atomic E-state index is 12.3. The highest BCUT2D eigenvalue weighted by atomic mass is 35.5. The lowest BCUT2D eigenvalue weighted by Gasteiger charge is -2.22. The number of benzene rings is 2. The second kappa shape index (κ2) is 8.86. The van der Waals surface area contributed by atoms with Crippen molar-refractivity contribution in [3.63, 3.8) is 0 Å². The zero-order chi connectivity index (χ0) is 19.2. The van der Waals surface area contributed by atoms with Gasteiger partial charge in [-0.1, -0.05) is 29.8 Å². The number of hydrogen-bond acceptors (Lipinski definition) is 4. The summed E-state index contributed by atoms with van der Waals surface area (Å²) in [6, 6.07) is 13.1. The van der Waals surface area contributed by atoms with Crippen molar-refractivity contribution >= 4 is 23.3 Å². The summed E-state index contributed by atoms with van der Waals surface area (Å²) < 4.78 is 10.7. The molecule has 0 spiro atoms. The molecule has 1 saturated heterocycles. The summed E-state index contributed by atoms with van der Waals surface area (Å²) in [5, 5.41) is 6.59. The summed E-state index contributed by atoms with van der Waals surface area (Å²) in [4.78, 5) is 14.4. The van der Waals surface area contributed by atoms with Gasteiger partial charge in [-0.2, -0.15) is 0 Å². The zero-order valence-electron chi connectivity index (χ0n) is 15.5. The van der Waals surface area contributed by atoms with Crippen LogP contribution in [0, 0.1) is 0 Å². The third-order valence-corrected chi connectivity index (χ3v) is 4.87. The number of nitrogens with zero attached hydrogens (tertiary/aromatic N) is 1. The van der Waals surface area contributed by atoms with Crippen molar-refractivity contribution in [3.05, 3.63) is 53.1 Å². The van der Waals surface area contributed by atoms with Gasteiger partial charge < -0.3 is 25.0 Å². The van der Waals surface area contributed by atoms with Crippen LogP contribution < -0.4 is 25.0 Å². The third kappa shape index (κ3) is 4.77. The van der Waals surface area contributed by atoms with Crippen molar-refractivity contribution < 1.29 is 14.3 Å². The summed E-state index contributed by atoms with van der Waals surface area (Å²) >= 11 is 6.12. The molecule has 0 saturated carbocycles. The molecular weight excluding hydrogens is 366 g/mol. The third-order valence-electron chi connectivity index (χ3n) is 4.64. The Morgan fingerprint density at radius 2 is 1.96 bits per heavy atom. The molecule has 0 aliphatic carbocycles. The molecule has 0 bridgehead atoms. The Kier molecular flexibility index (Phi) is 6.29. The average Bonchev–Trinajstić information content (AvgIpc) is 3.14. The SMILES string of the molecule is COc1ccccc1CNC(=O)NC1CCN(c2cc(Cl)ccc2OC)C1. The van der Waals surface area contributed by atoms with Gasteiger partial charge in [0, 0.05) is 36.3 Å². The molecule has 1 unspecified atom stereocenters. The van der Waals surface area contributed by atoms with E-state index in [2.05, 4.69) is 15.5 Å². The second-order valence-corrected chi connectivity index (χ2v) is 6.82. The van der Waals surface area contributed by atoms with Gasteiger partial charge in [0.15, 0.2) is 0 Å². The largest absolute Gasteiger partial charge is 0.496 e. The number of para-hydroxylation sites is 1. The molecule has 2 N–H and O–H groups in total. The van der Waals surface area contributed by atoms with Gasteiger partial charge in [-0.25, -0.2) is 4.79 Å². The van der Waals surface area contributed by atoms with Crippen LogP contribution in [0.2, 0.25) is 5.02 Å². The summed E-state index contributed by atoms with van der Waals surface area (Å²) in [7, 11) is 3.26. The maximum atomic E-state index is 12.3. The van der Waals surface area contributed by atoms with Crippen LogP contribution in [-0.4, -0.2) is 39.4 Å². The van der Waals surface area contributed by atoms with E-state index < -0.39 is 0 Å². The van der Waals surface area contributed by atoms with Crippen molar-refractivity contribution in [2.24, 2.45) is 0 Å². The van der Waals surface area contributed by atoms with Crippen LogP contribution in [0.5, 0.6) is 11.5 Å². The summed E-state index contributed by atoms with van der Waals surface area (Å²) in [5.41, 5.74) is 1.88. The zero-order valence-corrected chi connectivity index (χ0v) is 16.3. The molecule has 2 amide bonds. The highest BCUT2D eigenvalue weighted by Gasteiger charge is 2.26. The molecule has 27 heavy (non-hydrogen) atoms. The molecule has 1 fully saturated rings. The number of urea groups is 1. The fraction of sp³-hybridized carbons (Fsp3) is 0.350. The summed E-state index contributed by atoms with van der Waals surface area (Å²) in [6.07, 6.45) is 0.859. The molecule has 3 rings (SSSR count). The molecule has 2 aromatic carbocycles. The molecule has 1 aliphatic heterocycles. The second-order valence-electron chi connectivity index (χ2n) is 6.39. The molecule has 6 nitrogen and oxygen atoms in total. The minimum atomic E-state index is -0.189. The smallest absolute Gasteiger partial charge is 0.315 e. The van der Waals surface area contributed by atoms with Crippen LogP contribution in [0.3, 0.4) is 0 Å². The Hall–Kier alpha value is -2.60. The number of nitrogens with one attached hydrogen (secondary N) is 2. The van der Waals surface area contributed by atoms with E-state index in [-0.39, 0.29) is 12.1 Å². The molecule has 1 atom stereocenters. The Bertz CT molecular complexity index is 800. The lowest BCUT2D eigenvalue weighted by Crippen LogP contribution is -2.43. The molecule has 0 radical (unpaired) electrons. The molecule has 1 heterocycles. The van der Waals surface area contributed by atoms with Crippen molar-refractivity contribution in [3.8, 4) is 11.5 Å². The Labute approximate surface area is 164 Å². The van der Waals surface area contributed by atoms with Crippen LogP contribution in [0.25, 0.3) is 0 Å². The van der Waals surface area contributed by atoms with E-state index in [4.69, 9.17) is 21.1 Å². The van der Waals surface area contributed by atoms with Gasteiger partial charge in [-0.05, 0) is 30.7 Å². The highest BCUT2D eigenvalue weighted by Crippen LogP contribution is 2.33. The molecule has 2 aromatic rings. The van der Waals surface area contributed by atoms with Crippen molar-refractivity contribution in [1.29, 1.82) is 0 Å². The lowest BCUT2D eigenvalue weighted by molar-refractivity contribution is 0.237. The van der Waals surface area contributed by atoms with E-state index in [1.165, 1.54) is 0 Å². The van der Waals surface area contributed by atoms with Gasteiger partial charge in [0.25, 0.3) is 0 Å². The van der Waals surface area contributed by atoms with Crippen LogP contribution >= 0.6 is 11.6 Å². The van der Waals surface area contributed by atoms with Crippen molar-refractivity contribution in [1.82, 2.24) is 10.6 Å². The number of amides is 2. The Balaban J connectivity index is 1.54. The van der Waals surface area contributed by atoms with Gasteiger partial charge in [0.1, 0.15) is 11.5 Å². The molecular formula is C20H24ClN3O3. The molecule has 0 aromatic heterocycles. The van der Waals surface area contributed by atoms with Gasteiger partial charge in [0.2, 0.25) is 0 Å². The standard InChI is InChI=1S/C20H24ClN3O3/c1-26-18-6-4-3-5-14(18)12-22-20(25)23-16-9-10-24(13-16)17-11-15(21)7-8-19(17)27-2/h3-8,11,16H,9-10,12-13H2,1-2H3,(H2,22,23,25). The summed E-state index contributed by atoms with van der Waals surface area (Å²) in [5.74, 6) is 1.54. The maximum Gasteiger partial charge on any atom is 0.315 e. The van der Waals surface area contributed by atoms with Gasteiger partial charge in [-0.3, -0.25) is 0 Å². The molecule has 1 aliphatic rings. The predicted octanol–water partition coefficient (Wildman–Crippen LogP) is 3.44. The van der Waals surface area contributed by atoms with E-state index in [1.807, 2.05) is 36.4 Å². The van der Waals surface area contributed by atoms with Crippen molar-refractivity contribution in [2.75, 3.05) is 32.2 Å². The first-order valence-electron chi connectivity index (χ1n) is 8.85. The monoisotopic (exact) mass is 389 g/mol. The quantitative estimate of drug-likeness (QED) is 0.794. The normalized spacial score (nSPS) is 16.1. The highest BCUT2D eigenvalue weighted by molar-refractivity contribution is 6.30. The summed E-state index contributed by atoms with van der Waals surface area (Å²) in [6.45, 7) is 1.95. The van der Waals surface area contributed by atoms with Gasteiger partial charge in [0.05, 0.1) is 19.9 Å². The number of carbonyl (C=O) groups excluding carboxylic acids is 1. The van der Waals surface area contributed by atoms with Crippen LogP contribution in [-0.2, 0) is 6.54 Å². The fourth-order valence-corrected chi connectivity index (χ4v) is 3.43. The average molecular weight is 390 g/mol.